The zero-order valence-corrected chi connectivity index (χ0v) is 12.2. The van der Waals surface area contributed by atoms with E-state index in [1.165, 1.54) is 30.5 Å². The zero-order valence-electron chi connectivity index (χ0n) is 12.2. The van der Waals surface area contributed by atoms with Crippen LogP contribution in [0.5, 0.6) is 0 Å². The molecular formula is C16H26N2. The van der Waals surface area contributed by atoms with Gasteiger partial charge in [0.25, 0.3) is 0 Å². The summed E-state index contributed by atoms with van der Waals surface area (Å²) in [5.74, 6) is 0.577. The molecule has 0 bridgehead atoms. The number of aromatic nitrogens is 1. The molecular weight excluding hydrogens is 220 g/mol. The molecule has 0 aromatic carbocycles. The van der Waals surface area contributed by atoms with Crippen LogP contribution in [0.2, 0.25) is 0 Å². The van der Waals surface area contributed by atoms with E-state index in [9.17, 15) is 0 Å². The van der Waals surface area contributed by atoms with Crippen molar-refractivity contribution in [2.75, 3.05) is 6.54 Å². The van der Waals surface area contributed by atoms with Gasteiger partial charge in [-0.1, -0.05) is 33.8 Å². The minimum Gasteiger partial charge on any atom is -0.313 e. The molecule has 0 saturated heterocycles. The Morgan fingerprint density at radius 3 is 2.89 bits per heavy atom. The van der Waals surface area contributed by atoms with E-state index >= 15 is 0 Å². The van der Waals surface area contributed by atoms with Crippen LogP contribution >= 0.6 is 0 Å². The van der Waals surface area contributed by atoms with E-state index in [2.05, 4.69) is 50.1 Å². The topological polar surface area (TPSA) is 24.9 Å². The summed E-state index contributed by atoms with van der Waals surface area (Å²) in [5, 5.41) is 3.75. The highest BCUT2D eigenvalue weighted by atomic mass is 14.9. The average Bonchev–Trinajstić information content (AvgIpc) is 2.72. The van der Waals surface area contributed by atoms with Gasteiger partial charge in [0.1, 0.15) is 0 Å². The summed E-state index contributed by atoms with van der Waals surface area (Å²) in [6.45, 7) is 10.3. The maximum atomic E-state index is 4.64. The lowest BCUT2D eigenvalue weighted by molar-refractivity contribution is 0.229. The van der Waals surface area contributed by atoms with Crippen molar-refractivity contribution in [3.63, 3.8) is 0 Å². The van der Waals surface area contributed by atoms with Crippen molar-refractivity contribution in [1.29, 1.82) is 0 Å². The van der Waals surface area contributed by atoms with Crippen LogP contribution < -0.4 is 5.32 Å². The number of nitrogens with zero attached hydrogens (tertiary/aromatic N) is 1. The maximum Gasteiger partial charge on any atom is 0.0482 e. The SMILES string of the molecule is CCCNC(C1CCc2cccnc21)C(C)(C)C. The minimum absolute atomic E-state index is 0.277. The molecule has 1 N–H and O–H groups in total. The summed E-state index contributed by atoms with van der Waals surface area (Å²) in [4.78, 5) is 4.64. The van der Waals surface area contributed by atoms with Gasteiger partial charge in [0.05, 0.1) is 0 Å². The van der Waals surface area contributed by atoms with Gasteiger partial charge in [-0.15, -0.1) is 0 Å². The van der Waals surface area contributed by atoms with Gasteiger partial charge in [0, 0.05) is 23.9 Å². The Bertz CT molecular complexity index is 392. The molecule has 0 aliphatic heterocycles. The van der Waals surface area contributed by atoms with E-state index < -0.39 is 0 Å². The molecule has 2 atom stereocenters. The third kappa shape index (κ3) is 2.74. The first-order valence-corrected chi connectivity index (χ1v) is 7.21. The van der Waals surface area contributed by atoms with Gasteiger partial charge >= 0.3 is 0 Å². The fraction of sp³-hybridized carbons (Fsp3) is 0.688. The van der Waals surface area contributed by atoms with Gasteiger partial charge in [-0.2, -0.15) is 0 Å². The standard InChI is InChI=1S/C16H26N2/c1-5-10-18-15(16(2,3)4)13-9-8-12-7-6-11-17-14(12)13/h6-7,11,13,15,18H,5,8-10H2,1-4H3. The van der Waals surface area contributed by atoms with Crippen molar-refractivity contribution < 1.29 is 0 Å². The van der Waals surface area contributed by atoms with Crippen molar-refractivity contribution in [1.82, 2.24) is 10.3 Å². The number of pyridine rings is 1. The van der Waals surface area contributed by atoms with E-state index in [-0.39, 0.29) is 5.41 Å². The molecule has 1 aliphatic carbocycles. The molecule has 2 heteroatoms. The molecule has 100 valence electrons. The van der Waals surface area contributed by atoms with E-state index in [0.717, 1.165) is 6.54 Å². The summed E-state index contributed by atoms with van der Waals surface area (Å²) in [6, 6.07) is 4.82. The Balaban J connectivity index is 2.22. The van der Waals surface area contributed by atoms with Crippen LogP contribution in [0.15, 0.2) is 18.3 Å². The Labute approximate surface area is 111 Å². The Kier molecular flexibility index (Phi) is 4.06. The summed E-state index contributed by atoms with van der Waals surface area (Å²) < 4.78 is 0. The predicted octanol–water partition coefficient (Wildman–Crippen LogP) is 3.53. The average molecular weight is 246 g/mol. The van der Waals surface area contributed by atoms with E-state index in [0.29, 0.717) is 12.0 Å². The molecule has 2 unspecified atom stereocenters. The smallest absolute Gasteiger partial charge is 0.0482 e. The molecule has 2 rings (SSSR count). The first-order chi connectivity index (χ1) is 8.54. The van der Waals surface area contributed by atoms with Gasteiger partial charge in [0.2, 0.25) is 0 Å². The van der Waals surface area contributed by atoms with Crippen molar-refractivity contribution in [3.05, 3.63) is 29.6 Å². The highest BCUT2D eigenvalue weighted by Crippen LogP contribution is 2.39. The zero-order chi connectivity index (χ0) is 13.2. The Morgan fingerprint density at radius 1 is 1.44 bits per heavy atom. The summed E-state index contributed by atoms with van der Waals surface area (Å²) in [7, 11) is 0. The van der Waals surface area contributed by atoms with Crippen LogP contribution in [-0.2, 0) is 6.42 Å². The van der Waals surface area contributed by atoms with Crippen molar-refractivity contribution >= 4 is 0 Å². The number of rotatable bonds is 4. The quantitative estimate of drug-likeness (QED) is 0.879. The highest BCUT2D eigenvalue weighted by Gasteiger charge is 2.37. The lowest BCUT2D eigenvalue weighted by Gasteiger charge is -2.36. The summed E-state index contributed by atoms with van der Waals surface area (Å²) in [5.41, 5.74) is 3.06. The first-order valence-electron chi connectivity index (χ1n) is 7.21. The molecule has 2 nitrogen and oxygen atoms in total. The predicted molar refractivity (Wildman–Crippen MR) is 76.8 cm³/mol. The van der Waals surface area contributed by atoms with Crippen LogP contribution in [0.1, 0.15) is 57.7 Å². The lowest BCUT2D eigenvalue weighted by atomic mass is 9.77. The fourth-order valence-electron chi connectivity index (χ4n) is 3.12. The van der Waals surface area contributed by atoms with E-state index in [1.807, 2.05) is 6.20 Å². The fourth-order valence-corrected chi connectivity index (χ4v) is 3.12. The molecule has 1 aromatic rings. The largest absolute Gasteiger partial charge is 0.313 e. The van der Waals surface area contributed by atoms with Crippen LogP contribution in [0, 0.1) is 5.41 Å². The van der Waals surface area contributed by atoms with Crippen molar-refractivity contribution in [3.8, 4) is 0 Å². The normalized spacial score (nSPS) is 20.8. The third-order valence-electron chi connectivity index (χ3n) is 3.95. The third-order valence-corrected chi connectivity index (χ3v) is 3.95. The molecule has 0 fully saturated rings. The number of fused-ring (bicyclic) bond motifs is 1. The van der Waals surface area contributed by atoms with Gasteiger partial charge in [-0.3, -0.25) is 4.98 Å². The second kappa shape index (κ2) is 5.40. The molecule has 0 spiro atoms. The highest BCUT2D eigenvalue weighted by molar-refractivity contribution is 5.30. The monoisotopic (exact) mass is 246 g/mol. The van der Waals surface area contributed by atoms with Gasteiger partial charge in [0.15, 0.2) is 0 Å². The molecule has 1 aliphatic rings. The number of aryl methyl sites for hydroxylation is 1. The molecule has 1 heterocycles. The second-order valence-corrected chi connectivity index (χ2v) is 6.49. The van der Waals surface area contributed by atoms with Gasteiger partial charge in [-0.05, 0) is 42.9 Å². The number of hydrogen-bond acceptors (Lipinski definition) is 2. The number of nitrogens with one attached hydrogen (secondary N) is 1. The molecule has 0 saturated carbocycles. The van der Waals surface area contributed by atoms with E-state index in [1.54, 1.807) is 0 Å². The van der Waals surface area contributed by atoms with Gasteiger partial charge in [-0.25, -0.2) is 0 Å². The van der Waals surface area contributed by atoms with Crippen molar-refractivity contribution in [2.24, 2.45) is 5.41 Å². The van der Waals surface area contributed by atoms with Crippen LogP contribution in [-0.4, -0.2) is 17.6 Å². The van der Waals surface area contributed by atoms with Gasteiger partial charge < -0.3 is 5.32 Å². The van der Waals surface area contributed by atoms with Crippen LogP contribution in [0.3, 0.4) is 0 Å². The summed E-state index contributed by atoms with van der Waals surface area (Å²) in [6.07, 6.45) is 5.56. The van der Waals surface area contributed by atoms with Crippen LogP contribution in [0.25, 0.3) is 0 Å². The maximum absolute atomic E-state index is 4.64. The Morgan fingerprint density at radius 2 is 2.22 bits per heavy atom. The van der Waals surface area contributed by atoms with Crippen molar-refractivity contribution in [2.45, 2.75) is 58.9 Å². The minimum atomic E-state index is 0.277. The Hall–Kier alpha value is -0.890. The first kappa shape index (κ1) is 13.5. The summed E-state index contributed by atoms with van der Waals surface area (Å²) >= 11 is 0. The van der Waals surface area contributed by atoms with Crippen LogP contribution in [0.4, 0.5) is 0 Å². The number of hydrogen-bond donors (Lipinski definition) is 1. The molecule has 1 aromatic heterocycles. The molecule has 0 radical (unpaired) electrons. The molecule has 0 amide bonds. The molecule has 18 heavy (non-hydrogen) atoms. The van der Waals surface area contributed by atoms with E-state index in [4.69, 9.17) is 0 Å². The lowest BCUT2D eigenvalue weighted by Crippen LogP contribution is -2.44. The second-order valence-electron chi connectivity index (χ2n) is 6.49.